The highest BCUT2D eigenvalue weighted by Crippen LogP contribution is 2.33. The predicted molar refractivity (Wildman–Crippen MR) is 149 cm³/mol. The fraction of sp³-hybridized carbons (Fsp3) is 0.407. The monoisotopic (exact) mass is 573 g/mol. The number of hydrogen-bond donors (Lipinski definition) is 2. The van der Waals surface area contributed by atoms with Crippen LogP contribution in [-0.2, 0) is 11.2 Å². The number of rotatable bonds is 8. The van der Waals surface area contributed by atoms with Gasteiger partial charge in [0.25, 0.3) is 0 Å². The summed E-state index contributed by atoms with van der Waals surface area (Å²) in [5, 5.41) is 11.3. The molecule has 0 bridgehead atoms. The number of aliphatic imine (C=N–C) groups is 1. The number of halogens is 1. The topological polar surface area (TPSA) is 63.5 Å². The lowest BCUT2D eigenvalue weighted by Crippen LogP contribution is -2.39. The smallest absolute Gasteiger partial charge is 0.191 e. The van der Waals surface area contributed by atoms with Gasteiger partial charge in [-0.15, -0.1) is 24.0 Å². The van der Waals surface area contributed by atoms with Crippen molar-refractivity contribution in [3.8, 4) is 5.69 Å². The molecule has 1 aromatic heterocycles. The van der Waals surface area contributed by atoms with Crippen molar-refractivity contribution in [3.05, 3.63) is 83.7 Å². The van der Waals surface area contributed by atoms with E-state index < -0.39 is 0 Å². The van der Waals surface area contributed by atoms with E-state index in [1.165, 1.54) is 16.7 Å². The minimum atomic E-state index is 0. The lowest BCUT2D eigenvalue weighted by molar-refractivity contribution is -0.0250. The molecule has 1 saturated heterocycles. The highest BCUT2D eigenvalue weighted by molar-refractivity contribution is 14.0. The Balaban J connectivity index is 0.00000324. The molecule has 7 heteroatoms. The third-order valence-electron chi connectivity index (χ3n) is 6.04. The molecule has 2 atom stereocenters. The first kappa shape index (κ1) is 26.2. The van der Waals surface area contributed by atoms with Crippen LogP contribution in [0.4, 0.5) is 0 Å². The quantitative estimate of drug-likeness (QED) is 0.225. The molecule has 2 aromatic carbocycles. The average molecular weight is 574 g/mol. The molecular formula is C27H36IN5O. The Morgan fingerprint density at radius 3 is 2.68 bits per heavy atom. The van der Waals surface area contributed by atoms with Gasteiger partial charge in [0.05, 0.1) is 18.0 Å². The van der Waals surface area contributed by atoms with Gasteiger partial charge in [0, 0.05) is 38.4 Å². The highest BCUT2D eigenvalue weighted by atomic mass is 127. The number of guanidine groups is 1. The van der Waals surface area contributed by atoms with Crippen LogP contribution in [-0.4, -0.2) is 42.0 Å². The van der Waals surface area contributed by atoms with Crippen LogP contribution in [0.2, 0.25) is 0 Å². The Morgan fingerprint density at radius 2 is 1.91 bits per heavy atom. The Labute approximate surface area is 220 Å². The molecule has 2 heterocycles. The van der Waals surface area contributed by atoms with Gasteiger partial charge in [-0.2, -0.15) is 5.10 Å². The normalized spacial score (nSPS) is 18.2. The van der Waals surface area contributed by atoms with Gasteiger partial charge in [0.1, 0.15) is 0 Å². The van der Waals surface area contributed by atoms with Crippen molar-refractivity contribution in [2.75, 3.05) is 26.2 Å². The summed E-state index contributed by atoms with van der Waals surface area (Å²) in [6.07, 6.45) is 7.26. The lowest BCUT2D eigenvalue weighted by atomic mass is 9.89. The maximum Gasteiger partial charge on any atom is 0.191 e. The van der Waals surface area contributed by atoms with E-state index in [2.05, 4.69) is 72.2 Å². The lowest BCUT2D eigenvalue weighted by Gasteiger charge is -2.31. The molecule has 0 amide bonds. The standard InChI is InChI=1S/C27H35N5O.HI/c1-3-28-27(29-16-15-22-18-31-32(20-22)25-9-5-4-6-10-25)30-19-24-8-7-17-33-26(24)23-13-11-21(2)12-14-23;/h4-6,9-14,18,20,24,26H,3,7-8,15-17,19H2,1-2H3,(H2,28,29,30);1H. The first-order valence-corrected chi connectivity index (χ1v) is 12.0. The van der Waals surface area contributed by atoms with Crippen LogP contribution < -0.4 is 10.6 Å². The molecule has 6 nitrogen and oxygen atoms in total. The third kappa shape index (κ3) is 7.30. The molecule has 0 aliphatic carbocycles. The molecule has 182 valence electrons. The van der Waals surface area contributed by atoms with Crippen LogP contribution in [0.1, 0.15) is 42.6 Å². The maximum absolute atomic E-state index is 6.17. The number of para-hydroxylation sites is 1. The summed E-state index contributed by atoms with van der Waals surface area (Å²) in [4.78, 5) is 4.91. The summed E-state index contributed by atoms with van der Waals surface area (Å²) in [5.74, 6) is 1.25. The zero-order valence-corrected chi connectivity index (χ0v) is 22.4. The van der Waals surface area contributed by atoms with Gasteiger partial charge in [-0.3, -0.25) is 4.99 Å². The molecule has 0 radical (unpaired) electrons. The SMILES string of the molecule is CCNC(=NCC1CCCOC1c1ccc(C)cc1)NCCc1cnn(-c2ccccc2)c1.I. The molecule has 2 unspecified atom stereocenters. The second-order valence-electron chi connectivity index (χ2n) is 8.63. The highest BCUT2D eigenvalue weighted by Gasteiger charge is 2.27. The molecule has 0 saturated carbocycles. The third-order valence-corrected chi connectivity index (χ3v) is 6.04. The molecular weight excluding hydrogens is 537 g/mol. The molecule has 2 N–H and O–H groups in total. The molecule has 1 aliphatic heterocycles. The number of aromatic nitrogens is 2. The Hall–Kier alpha value is -2.39. The molecule has 3 aromatic rings. The summed E-state index contributed by atoms with van der Waals surface area (Å²) in [6.45, 7) is 7.43. The zero-order chi connectivity index (χ0) is 22.9. The van der Waals surface area contributed by atoms with Crippen LogP contribution in [0.15, 0.2) is 72.0 Å². The van der Waals surface area contributed by atoms with E-state index in [0.717, 1.165) is 57.2 Å². The van der Waals surface area contributed by atoms with Gasteiger partial charge in [-0.05, 0) is 56.4 Å². The number of aryl methyl sites for hydroxylation is 1. The van der Waals surface area contributed by atoms with E-state index in [1.807, 2.05) is 29.1 Å². The van der Waals surface area contributed by atoms with Gasteiger partial charge in [-0.25, -0.2) is 4.68 Å². The van der Waals surface area contributed by atoms with E-state index in [0.29, 0.717) is 5.92 Å². The predicted octanol–water partition coefficient (Wildman–Crippen LogP) is 5.06. The Morgan fingerprint density at radius 1 is 1.12 bits per heavy atom. The van der Waals surface area contributed by atoms with Crippen molar-refractivity contribution in [1.29, 1.82) is 0 Å². The van der Waals surface area contributed by atoms with Gasteiger partial charge < -0.3 is 15.4 Å². The summed E-state index contributed by atoms with van der Waals surface area (Å²) >= 11 is 0. The van der Waals surface area contributed by atoms with E-state index in [1.54, 1.807) is 0 Å². The summed E-state index contributed by atoms with van der Waals surface area (Å²) < 4.78 is 8.09. The largest absolute Gasteiger partial charge is 0.373 e. The maximum atomic E-state index is 6.17. The zero-order valence-electron chi connectivity index (χ0n) is 20.1. The number of ether oxygens (including phenoxy) is 1. The molecule has 1 fully saturated rings. The van der Waals surface area contributed by atoms with E-state index >= 15 is 0 Å². The molecule has 4 rings (SSSR count). The first-order chi connectivity index (χ1) is 16.2. The number of nitrogens with one attached hydrogen (secondary N) is 2. The first-order valence-electron chi connectivity index (χ1n) is 12.0. The van der Waals surface area contributed by atoms with Crippen molar-refractivity contribution < 1.29 is 4.74 Å². The van der Waals surface area contributed by atoms with E-state index in [4.69, 9.17) is 9.73 Å². The van der Waals surface area contributed by atoms with Gasteiger partial charge in [-0.1, -0.05) is 48.0 Å². The summed E-state index contributed by atoms with van der Waals surface area (Å²) in [7, 11) is 0. The number of hydrogen-bond acceptors (Lipinski definition) is 3. The fourth-order valence-electron chi connectivity index (χ4n) is 4.24. The van der Waals surface area contributed by atoms with Crippen molar-refractivity contribution in [3.63, 3.8) is 0 Å². The van der Waals surface area contributed by atoms with Crippen molar-refractivity contribution in [2.24, 2.45) is 10.9 Å². The minimum absolute atomic E-state index is 0. The van der Waals surface area contributed by atoms with Crippen LogP contribution in [0.3, 0.4) is 0 Å². The van der Waals surface area contributed by atoms with Crippen LogP contribution in [0.25, 0.3) is 5.69 Å². The Kier molecular flexibility index (Phi) is 10.4. The summed E-state index contributed by atoms with van der Waals surface area (Å²) in [5.41, 5.74) is 4.80. The second kappa shape index (κ2) is 13.5. The van der Waals surface area contributed by atoms with Crippen molar-refractivity contribution in [1.82, 2.24) is 20.4 Å². The minimum Gasteiger partial charge on any atom is -0.373 e. The molecule has 0 spiro atoms. The van der Waals surface area contributed by atoms with Crippen molar-refractivity contribution in [2.45, 2.75) is 39.2 Å². The number of nitrogens with zero attached hydrogens (tertiary/aromatic N) is 3. The second-order valence-corrected chi connectivity index (χ2v) is 8.63. The van der Waals surface area contributed by atoms with E-state index in [9.17, 15) is 0 Å². The average Bonchev–Trinajstić information content (AvgIpc) is 3.33. The fourth-order valence-corrected chi connectivity index (χ4v) is 4.24. The molecule has 34 heavy (non-hydrogen) atoms. The van der Waals surface area contributed by atoms with Crippen molar-refractivity contribution >= 4 is 29.9 Å². The Bertz CT molecular complexity index is 1020. The van der Waals surface area contributed by atoms with E-state index in [-0.39, 0.29) is 30.1 Å². The van der Waals surface area contributed by atoms with Gasteiger partial charge in [0.2, 0.25) is 0 Å². The molecule has 1 aliphatic rings. The van der Waals surface area contributed by atoms with Gasteiger partial charge in [0.15, 0.2) is 5.96 Å². The van der Waals surface area contributed by atoms with Crippen LogP contribution >= 0.6 is 24.0 Å². The number of benzene rings is 2. The van der Waals surface area contributed by atoms with Crippen LogP contribution in [0.5, 0.6) is 0 Å². The van der Waals surface area contributed by atoms with Crippen LogP contribution in [0, 0.1) is 12.8 Å². The van der Waals surface area contributed by atoms with Gasteiger partial charge >= 0.3 is 0 Å². The summed E-state index contributed by atoms with van der Waals surface area (Å²) in [6, 6.07) is 18.9.